The van der Waals surface area contributed by atoms with E-state index in [1.165, 1.54) is 5.56 Å². The van der Waals surface area contributed by atoms with E-state index in [1.54, 1.807) is 14.0 Å². The van der Waals surface area contributed by atoms with Gasteiger partial charge in [0.15, 0.2) is 0 Å². The van der Waals surface area contributed by atoms with E-state index in [0.717, 1.165) is 44.0 Å². The molecule has 1 saturated carbocycles. The topological polar surface area (TPSA) is 50.8 Å². The van der Waals surface area contributed by atoms with Crippen molar-refractivity contribution in [2.45, 2.75) is 38.5 Å². The minimum absolute atomic E-state index is 0.0307. The molecule has 1 saturated heterocycles. The Balaban J connectivity index is 1.33. The zero-order valence-electron chi connectivity index (χ0n) is 17.2. The van der Waals surface area contributed by atoms with Crippen molar-refractivity contribution >= 4 is 5.91 Å². The summed E-state index contributed by atoms with van der Waals surface area (Å²) in [6.07, 6.45) is 2.14. The van der Waals surface area contributed by atoms with Gasteiger partial charge in [-0.15, -0.1) is 0 Å². The first-order valence-electron chi connectivity index (χ1n) is 10.4. The summed E-state index contributed by atoms with van der Waals surface area (Å²) in [6.45, 7) is 4.71. The lowest BCUT2D eigenvalue weighted by atomic mass is 9.77. The van der Waals surface area contributed by atoms with Gasteiger partial charge in [-0.1, -0.05) is 30.3 Å². The summed E-state index contributed by atoms with van der Waals surface area (Å²) in [7, 11) is 1.76. The monoisotopic (exact) mass is 394 g/mol. The number of hydrogen-bond donors (Lipinski definition) is 1. The number of methoxy groups -OCH3 is 1. The summed E-state index contributed by atoms with van der Waals surface area (Å²) in [5.41, 5.74) is 1.30. The lowest BCUT2D eigenvalue weighted by Gasteiger charge is -2.37. The molecule has 1 aliphatic carbocycles. The van der Waals surface area contributed by atoms with Crippen molar-refractivity contribution in [2.75, 3.05) is 20.2 Å². The number of nitrogens with zero attached hydrogens (tertiary/aromatic N) is 1. The molecule has 0 radical (unpaired) electrons. The highest BCUT2D eigenvalue weighted by molar-refractivity contribution is 5.73. The highest BCUT2D eigenvalue weighted by Gasteiger charge is 2.42. The average molecular weight is 395 g/mol. The van der Waals surface area contributed by atoms with Gasteiger partial charge in [-0.25, -0.2) is 0 Å². The van der Waals surface area contributed by atoms with Crippen LogP contribution in [0.1, 0.15) is 25.3 Å². The summed E-state index contributed by atoms with van der Waals surface area (Å²) in [6, 6.07) is 18.4. The van der Waals surface area contributed by atoms with Gasteiger partial charge in [0.25, 0.3) is 0 Å². The Morgan fingerprint density at radius 2 is 1.66 bits per heavy atom. The fourth-order valence-electron chi connectivity index (χ4n) is 4.86. The normalized spacial score (nSPS) is 26.7. The molecule has 2 aromatic rings. The van der Waals surface area contributed by atoms with E-state index < -0.39 is 0 Å². The fourth-order valence-corrected chi connectivity index (χ4v) is 4.86. The summed E-state index contributed by atoms with van der Waals surface area (Å²) < 4.78 is 11.6. The third-order valence-electron chi connectivity index (χ3n) is 6.19. The number of fused-ring (bicyclic) bond motifs is 1. The van der Waals surface area contributed by atoms with Crippen LogP contribution in [0.15, 0.2) is 54.6 Å². The van der Waals surface area contributed by atoms with Crippen molar-refractivity contribution in [3.05, 3.63) is 60.2 Å². The van der Waals surface area contributed by atoms with Crippen molar-refractivity contribution in [1.82, 2.24) is 10.2 Å². The lowest BCUT2D eigenvalue weighted by molar-refractivity contribution is -0.121. The maximum absolute atomic E-state index is 11.5. The Morgan fingerprint density at radius 3 is 2.31 bits per heavy atom. The molecule has 2 fully saturated rings. The second-order valence-corrected chi connectivity index (χ2v) is 8.33. The van der Waals surface area contributed by atoms with Gasteiger partial charge in [-0.2, -0.15) is 0 Å². The number of para-hydroxylation sites is 1. The van der Waals surface area contributed by atoms with E-state index in [0.29, 0.717) is 11.8 Å². The smallest absolute Gasteiger partial charge is 0.217 e. The number of rotatable bonds is 6. The van der Waals surface area contributed by atoms with Crippen LogP contribution in [0.2, 0.25) is 0 Å². The predicted octanol–water partition coefficient (Wildman–Crippen LogP) is 3.84. The minimum Gasteiger partial charge on any atom is -0.457 e. The zero-order valence-corrected chi connectivity index (χ0v) is 17.2. The second kappa shape index (κ2) is 8.97. The van der Waals surface area contributed by atoms with Crippen LogP contribution in [0.5, 0.6) is 11.5 Å². The van der Waals surface area contributed by atoms with E-state index >= 15 is 0 Å². The molecular formula is C24H30N2O3. The van der Waals surface area contributed by atoms with Crippen LogP contribution in [0.25, 0.3) is 0 Å². The van der Waals surface area contributed by atoms with Crippen LogP contribution in [0.3, 0.4) is 0 Å². The molecule has 1 N–H and O–H groups in total. The molecule has 5 nitrogen and oxygen atoms in total. The quantitative estimate of drug-likeness (QED) is 0.809. The van der Waals surface area contributed by atoms with Crippen molar-refractivity contribution in [2.24, 2.45) is 11.8 Å². The molecule has 0 spiro atoms. The molecular weight excluding hydrogens is 364 g/mol. The van der Waals surface area contributed by atoms with E-state index in [2.05, 4.69) is 22.3 Å². The predicted molar refractivity (Wildman–Crippen MR) is 113 cm³/mol. The number of amides is 1. The van der Waals surface area contributed by atoms with Crippen LogP contribution < -0.4 is 10.1 Å². The molecule has 2 aromatic carbocycles. The van der Waals surface area contributed by atoms with Crippen molar-refractivity contribution in [3.63, 3.8) is 0 Å². The van der Waals surface area contributed by atoms with Gasteiger partial charge in [0.1, 0.15) is 11.5 Å². The first kappa shape index (κ1) is 19.9. The van der Waals surface area contributed by atoms with Crippen LogP contribution in [0.4, 0.5) is 0 Å². The van der Waals surface area contributed by atoms with Crippen LogP contribution >= 0.6 is 0 Å². The third-order valence-corrected chi connectivity index (χ3v) is 6.19. The van der Waals surface area contributed by atoms with Crippen LogP contribution in [0, 0.1) is 11.8 Å². The second-order valence-electron chi connectivity index (χ2n) is 8.33. The lowest BCUT2D eigenvalue weighted by Crippen LogP contribution is -2.49. The molecule has 1 amide bonds. The molecule has 1 heterocycles. The Morgan fingerprint density at radius 1 is 1.00 bits per heavy atom. The van der Waals surface area contributed by atoms with Crippen LogP contribution in [-0.2, 0) is 16.1 Å². The van der Waals surface area contributed by atoms with Crippen molar-refractivity contribution < 1.29 is 14.3 Å². The number of hydrogen-bond acceptors (Lipinski definition) is 4. The van der Waals surface area contributed by atoms with E-state index in [4.69, 9.17) is 9.47 Å². The van der Waals surface area contributed by atoms with E-state index in [-0.39, 0.29) is 18.1 Å². The number of carbonyl (C=O) groups is 1. The van der Waals surface area contributed by atoms with Crippen molar-refractivity contribution in [3.8, 4) is 11.5 Å². The molecule has 2 aliphatic rings. The van der Waals surface area contributed by atoms with Gasteiger partial charge >= 0.3 is 0 Å². The highest BCUT2D eigenvalue weighted by Crippen LogP contribution is 2.38. The summed E-state index contributed by atoms with van der Waals surface area (Å²) in [5, 5.41) is 3.09. The van der Waals surface area contributed by atoms with Gasteiger partial charge in [-0.05, 0) is 54.5 Å². The minimum atomic E-state index is 0.0307. The van der Waals surface area contributed by atoms with Crippen LogP contribution in [-0.4, -0.2) is 43.2 Å². The SMILES string of the molecule is CO[C@@H]1C[C@H]2CN(Cc3ccc(Oc4ccccc4)cc3)C[C@H]2C[C@H]1NC(C)=O. The molecule has 29 heavy (non-hydrogen) atoms. The largest absolute Gasteiger partial charge is 0.457 e. The molecule has 0 aromatic heterocycles. The number of carbonyl (C=O) groups excluding carboxylic acids is 1. The summed E-state index contributed by atoms with van der Waals surface area (Å²) in [5.74, 6) is 3.01. The first-order chi connectivity index (χ1) is 14.1. The zero-order chi connectivity index (χ0) is 20.2. The van der Waals surface area contributed by atoms with Crippen molar-refractivity contribution in [1.29, 1.82) is 0 Å². The van der Waals surface area contributed by atoms with Gasteiger partial charge in [-0.3, -0.25) is 9.69 Å². The Labute approximate surface area is 173 Å². The molecule has 0 unspecified atom stereocenters. The standard InChI is InChI=1S/C24H30N2O3/c1-17(27)25-23-12-19-15-26(16-20(19)13-24(23)28-2)14-18-8-10-22(11-9-18)29-21-6-4-3-5-7-21/h3-11,19-20,23-24H,12-16H2,1-2H3,(H,25,27)/t19-,20+,23-,24-/m1/s1. The Hall–Kier alpha value is -2.37. The highest BCUT2D eigenvalue weighted by atomic mass is 16.5. The van der Waals surface area contributed by atoms with E-state index in [1.807, 2.05) is 42.5 Å². The third kappa shape index (κ3) is 4.98. The average Bonchev–Trinajstić information content (AvgIpc) is 3.10. The van der Waals surface area contributed by atoms with Gasteiger partial charge < -0.3 is 14.8 Å². The molecule has 1 aliphatic heterocycles. The Kier molecular flexibility index (Phi) is 6.16. The molecule has 4 atom stereocenters. The van der Waals surface area contributed by atoms with Gasteiger partial charge in [0.2, 0.25) is 5.91 Å². The molecule has 154 valence electrons. The number of ether oxygens (including phenoxy) is 2. The molecule has 0 bridgehead atoms. The summed E-state index contributed by atoms with van der Waals surface area (Å²) >= 11 is 0. The molecule has 5 heteroatoms. The van der Waals surface area contributed by atoms with E-state index in [9.17, 15) is 4.79 Å². The Bertz CT molecular complexity index is 809. The fraction of sp³-hybridized carbons (Fsp3) is 0.458. The summed E-state index contributed by atoms with van der Waals surface area (Å²) in [4.78, 5) is 14.1. The van der Waals surface area contributed by atoms with Gasteiger partial charge in [0, 0.05) is 33.7 Å². The number of likely N-dealkylation sites (tertiary alicyclic amines) is 1. The number of benzene rings is 2. The maximum Gasteiger partial charge on any atom is 0.217 e. The first-order valence-corrected chi connectivity index (χ1v) is 10.4. The molecule has 4 rings (SSSR count). The number of nitrogens with one attached hydrogen (secondary N) is 1. The maximum atomic E-state index is 11.5. The van der Waals surface area contributed by atoms with Gasteiger partial charge in [0.05, 0.1) is 12.1 Å².